The Balaban J connectivity index is 2.11. The summed E-state index contributed by atoms with van der Waals surface area (Å²) in [6, 6.07) is 4.15. The second-order valence-electron chi connectivity index (χ2n) is 5.28. The second-order valence-corrected chi connectivity index (χ2v) is 6.26. The van der Waals surface area contributed by atoms with Crippen LogP contribution in [0.1, 0.15) is 38.5 Å². The standard InChI is InChI=1S/C13H18O2S/c1-8(2)15-12(14)11-10(13(11,3)4)9-6-5-7-16-9/h5-8,10-11H,1-4H3. The van der Waals surface area contributed by atoms with Gasteiger partial charge in [0.1, 0.15) is 0 Å². The molecule has 1 aliphatic carbocycles. The van der Waals surface area contributed by atoms with Crippen LogP contribution in [0.4, 0.5) is 0 Å². The van der Waals surface area contributed by atoms with E-state index < -0.39 is 0 Å². The van der Waals surface area contributed by atoms with Gasteiger partial charge >= 0.3 is 5.97 Å². The van der Waals surface area contributed by atoms with Crippen molar-refractivity contribution in [2.24, 2.45) is 11.3 Å². The maximum absolute atomic E-state index is 11.9. The first-order chi connectivity index (χ1) is 7.44. The summed E-state index contributed by atoms with van der Waals surface area (Å²) >= 11 is 1.73. The van der Waals surface area contributed by atoms with E-state index in [4.69, 9.17) is 4.74 Å². The first-order valence-electron chi connectivity index (χ1n) is 5.68. The molecule has 0 saturated heterocycles. The monoisotopic (exact) mass is 238 g/mol. The molecule has 0 spiro atoms. The quantitative estimate of drug-likeness (QED) is 0.754. The third-order valence-corrected chi connectivity index (χ3v) is 4.24. The Bertz CT molecular complexity index is 379. The zero-order valence-corrected chi connectivity index (χ0v) is 11.0. The van der Waals surface area contributed by atoms with Crippen molar-refractivity contribution in [3.8, 4) is 0 Å². The van der Waals surface area contributed by atoms with Crippen LogP contribution >= 0.6 is 11.3 Å². The van der Waals surface area contributed by atoms with Gasteiger partial charge in [0.15, 0.2) is 0 Å². The molecule has 0 radical (unpaired) electrons. The van der Waals surface area contributed by atoms with Crippen molar-refractivity contribution in [1.29, 1.82) is 0 Å². The lowest BCUT2D eigenvalue weighted by molar-refractivity contribution is -0.149. The lowest BCUT2D eigenvalue weighted by Crippen LogP contribution is -2.15. The molecule has 2 unspecified atom stereocenters. The normalized spacial score (nSPS) is 26.8. The van der Waals surface area contributed by atoms with Gasteiger partial charge in [0.25, 0.3) is 0 Å². The third-order valence-electron chi connectivity index (χ3n) is 3.28. The molecule has 2 rings (SSSR count). The van der Waals surface area contributed by atoms with Crippen molar-refractivity contribution < 1.29 is 9.53 Å². The van der Waals surface area contributed by atoms with E-state index in [0.29, 0.717) is 5.92 Å². The van der Waals surface area contributed by atoms with Crippen LogP contribution in [-0.4, -0.2) is 12.1 Å². The van der Waals surface area contributed by atoms with Gasteiger partial charge in [0.2, 0.25) is 0 Å². The van der Waals surface area contributed by atoms with E-state index in [1.807, 2.05) is 19.9 Å². The first-order valence-corrected chi connectivity index (χ1v) is 6.56. The Morgan fingerprint density at radius 3 is 2.69 bits per heavy atom. The molecule has 16 heavy (non-hydrogen) atoms. The van der Waals surface area contributed by atoms with Gasteiger partial charge < -0.3 is 4.74 Å². The van der Waals surface area contributed by atoms with Crippen LogP contribution in [0.15, 0.2) is 17.5 Å². The van der Waals surface area contributed by atoms with Crippen molar-refractivity contribution in [2.75, 3.05) is 0 Å². The number of rotatable bonds is 3. The minimum atomic E-state index is -0.0431. The molecule has 0 amide bonds. The van der Waals surface area contributed by atoms with Crippen molar-refractivity contribution in [3.05, 3.63) is 22.4 Å². The largest absolute Gasteiger partial charge is 0.463 e. The molecule has 2 atom stereocenters. The molecule has 88 valence electrons. The highest BCUT2D eigenvalue weighted by atomic mass is 32.1. The molecule has 1 heterocycles. The number of hydrogen-bond acceptors (Lipinski definition) is 3. The molecule has 0 bridgehead atoms. The summed E-state index contributed by atoms with van der Waals surface area (Å²) in [4.78, 5) is 13.2. The summed E-state index contributed by atoms with van der Waals surface area (Å²) in [6.07, 6.45) is -0.0205. The van der Waals surface area contributed by atoms with E-state index in [9.17, 15) is 4.79 Å². The molecule has 1 saturated carbocycles. The molecule has 1 aromatic heterocycles. The van der Waals surface area contributed by atoms with E-state index in [1.165, 1.54) is 4.88 Å². The number of hydrogen-bond donors (Lipinski definition) is 0. The van der Waals surface area contributed by atoms with Crippen molar-refractivity contribution in [3.63, 3.8) is 0 Å². The average Bonchev–Trinajstić information content (AvgIpc) is 2.59. The van der Waals surface area contributed by atoms with E-state index >= 15 is 0 Å². The molecule has 1 fully saturated rings. The van der Waals surface area contributed by atoms with Gasteiger partial charge in [-0.2, -0.15) is 0 Å². The van der Waals surface area contributed by atoms with Crippen LogP contribution in [0.25, 0.3) is 0 Å². The van der Waals surface area contributed by atoms with Gasteiger partial charge in [-0.15, -0.1) is 11.3 Å². The number of ether oxygens (including phenoxy) is 1. The zero-order valence-electron chi connectivity index (χ0n) is 10.2. The number of carbonyl (C=O) groups excluding carboxylic acids is 1. The SMILES string of the molecule is CC(C)OC(=O)C1C(c2cccs2)C1(C)C. The molecular weight excluding hydrogens is 220 g/mol. The van der Waals surface area contributed by atoms with Crippen LogP contribution in [0.3, 0.4) is 0 Å². The molecule has 1 aliphatic rings. The maximum Gasteiger partial charge on any atom is 0.310 e. The van der Waals surface area contributed by atoms with Crippen LogP contribution < -0.4 is 0 Å². The number of carbonyl (C=O) groups is 1. The minimum absolute atomic E-state index is 0.0205. The fourth-order valence-corrected chi connectivity index (χ4v) is 3.44. The second kappa shape index (κ2) is 3.88. The Hall–Kier alpha value is -0.830. The Morgan fingerprint density at radius 1 is 1.50 bits per heavy atom. The van der Waals surface area contributed by atoms with E-state index in [1.54, 1.807) is 11.3 Å². The molecule has 3 heteroatoms. The van der Waals surface area contributed by atoms with Crippen LogP contribution in [-0.2, 0) is 9.53 Å². The highest BCUT2D eigenvalue weighted by molar-refractivity contribution is 7.10. The van der Waals surface area contributed by atoms with Crippen LogP contribution in [0, 0.1) is 11.3 Å². The van der Waals surface area contributed by atoms with E-state index in [2.05, 4.69) is 25.3 Å². The first kappa shape index (κ1) is 11.6. The topological polar surface area (TPSA) is 26.3 Å². The van der Waals surface area contributed by atoms with Crippen molar-refractivity contribution in [2.45, 2.75) is 39.7 Å². The summed E-state index contributed by atoms with van der Waals surface area (Å²) in [6.45, 7) is 8.08. The average molecular weight is 238 g/mol. The molecular formula is C13H18O2S. The summed E-state index contributed by atoms with van der Waals surface area (Å²) < 4.78 is 5.30. The molecule has 1 aromatic rings. The molecule has 2 nitrogen and oxygen atoms in total. The number of thiophene rings is 1. The summed E-state index contributed by atoms with van der Waals surface area (Å²) in [5.41, 5.74) is 0.0524. The Kier molecular flexibility index (Phi) is 2.82. The molecule has 0 N–H and O–H groups in total. The molecule has 0 aromatic carbocycles. The molecule has 0 aliphatic heterocycles. The van der Waals surface area contributed by atoms with E-state index in [0.717, 1.165) is 0 Å². The minimum Gasteiger partial charge on any atom is -0.463 e. The third kappa shape index (κ3) is 1.88. The number of esters is 1. The van der Waals surface area contributed by atoms with Gasteiger partial charge in [-0.25, -0.2) is 0 Å². The van der Waals surface area contributed by atoms with Gasteiger partial charge in [0.05, 0.1) is 12.0 Å². The van der Waals surface area contributed by atoms with Crippen LogP contribution in [0.2, 0.25) is 0 Å². The van der Waals surface area contributed by atoms with Gasteiger partial charge in [-0.3, -0.25) is 4.79 Å². The van der Waals surface area contributed by atoms with E-state index in [-0.39, 0.29) is 23.4 Å². The lowest BCUT2D eigenvalue weighted by Gasteiger charge is -2.08. The fourth-order valence-electron chi connectivity index (χ4n) is 2.38. The van der Waals surface area contributed by atoms with Gasteiger partial charge in [-0.05, 0) is 30.7 Å². The fraction of sp³-hybridized carbons (Fsp3) is 0.615. The highest BCUT2D eigenvalue weighted by Gasteiger charge is 2.63. The summed E-state index contributed by atoms with van der Waals surface area (Å²) in [7, 11) is 0. The lowest BCUT2D eigenvalue weighted by atomic mass is 10.1. The smallest absolute Gasteiger partial charge is 0.310 e. The Morgan fingerprint density at radius 2 is 2.19 bits per heavy atom. The van der Waals surface area contributed by atoms with Crippen molar-refractivity contribution in [1.82, 2.24) is 0 Å². The predicted molar refractivity (Wildman–Crippen MR) is 65.6 cm³/mol. The maximum atomic E-state index is 11.9. The van der Waals surface area contributed by atoms with Gasteiger partial charge in [0, 0.05) is 10.8 Å². The summed E-state index contributed by atoms with van der Waals surface area (Å²) in [5, 5.41) is 2.06. The Labute approximate surface area is 101 Å². The van der Waals surface area contributed by atoms with Gasteiger partial charge in [-0.1, -0.05) is 19.9 Å². The highest BCUT2D eigenvalue weighted by Crippen LogP contribution is 2.65. The van der Waals surface area contributed by atoms with Crippen molar-refractivity contribution >= 4 is 17.3 Å². The predicted octanol–water partition coefficient (Wildman–Crippen LogP) is 3.44. The summed E-state index contributed by atoms with van der Waals surface area (Å²) in [5.74, 6) is 0.339. The zero-order chi connectivity index (χ0) is 11.9. The van der Waals surface area contributed by atoms with Crippen LogP contribution in [0.5, 0.6) is 0 Å².